The van der Waals surface area contributed by atoms with Crippen LogP contribution in [0, 0.1) is 12.7 Å². The number of halogens is 1. The molecule has 0 fully saturated rings. The largest absolute Gasteiger partial charge is 0.382 e. The lowest BCUT2D eigenvalue weighted by molar-refractivity contribution is -0.115. The van der Waals surface area contributed by atoms with Gasteiger partial charge in [0.25, 0.3) is 0 Å². The molecule has 3 N–H and O–H groups in total. The third-order valence-corrected chi connectivity index (χ3v) is 5.47. The number of benzene rings is 2. The van der Waals surface area contributed by atoms with Crippen molar-refractivity contribution in [2.45, 2.75) is 26.6 Å². The number of hydrogen-bond donors (Lipinski definition) is 2. The summed E-state index contributed by atoms with van der Waals surface area (Å²) in [5.74, 6) is -0.121. The number of nitrogen functional groups attached to an aromatic ring is 1. The maximum Gasteiger partial charge on any atom is 0.228 e. The second-order valence-electron chi connectivity index (χ2n) is 7.56. The van der Waals surface area contributed by atoms with Crippen LogP contribution in [-0.4, -0.2) is 20.4 Å². The summed E-state index contributed by atoms with van der Waals surface area (Å²) in [6, 6.07) is 12.2. The molecule has 0 saturated carbocycles. The van der Waals surface area contributed by atoms with Gasteiger partial charge in [0, 0.05) is 16.9 Å². The minimum atomic E-state index is -0.312. The summed E-state index contributed by atoms with van der Waals surface area (Å²) >= 11 is 0. The van der Waals surface area contributed by atoms with E-state index in [-0.39, 0.29) is 18.1 Å². The second-order valence-corrected chi connectivity index (χ2v) is 7.56. The predicted octanol–water partition coefficient (Wildman–Crippen LogP) is 3.66. The van der Waals surface area contributed by atoms with Gasteiger partial charge in [0.1, 0.15) is 23.2 Å². The van der Waals surface area contributed by atoms with Gasteiger partial charge in [0.05, 0.1) is 25.3 Å². The van der Waals surface area contributed by atoms with Gasteiger partial charge in [0.2, 0.25) is 5.91 Å². The van der Waals surface area contributed by atoms with Crippen LogP contribution in [0.25, 0.3) is 16.7 Å². The normalized spacial score (nSPS) is 12.8. The highest BCUT2D eigenvalue weighted by atomic mass is 19.1. The number of nitrogens with two attached hydrogens (primary N) is 1. The molecule has 1 aliphatic heterocycles. The summed E-state index contributed by atoms with van der Waals surface area (Å²) < 4.78 is 21.3. The first-order valence-electron chi connectivity index (χ1n) is 9.87. The molecule has 0 radical (unpaired) electrons. The number of hydrogen-bond acceptors (Lipinski definition) is 5. The molecule has 8 heteroatoms. The molecule has 0 saturated heterocycles. The van der Waals surface area contributed by atoms with Gasteiger partial charge in [-0.1, -0.05) is 12.1 Å². The van der Waals surface area contributed by atoms with Crippen molar-refractivity contribution in [2.24, 2.45) is 0 Å². The number of carbonyl (C=O) groups is 1. The molecule has 3 heterocycles. The Hall–Kier alpha value is -3.78. The Labute approximate surface area is 177 Å². The zero-order valence-corrected chi connectivity index (χ0v) is 16.9. The van der Waals surface area contributed by atoms with Gasteiger partial charge in [-0.05, 0) is 48.4 Å². The Balaban J connectivity index is 1.40. The van der Waals surface area contributed by atoms with Crippen molar-refractivity contribution in [3.63, 3.8) is 0 Å². The standard InChI is InChI=1S/C23H20FN5O2/c1-13-2-3-14(8-18(13)24)9-20(30)28-15-4-6-16(7-5-15)29-19-11-31-10-17(19)21-22(29)23(25)27-12-26-21/h2-8,12H,9-11H2,1H3,(H,28,30)(H2,25,26,27). The molecule has 2 aromatic carbocycles. The van der Waals surface area contributed by atoms with Gasteiger partial charge in [-0.2, -0.15) is 0 Å². The van der Waals surface area contributed by atoms with E-state index in [0.29, 0.717) is 35.8 Å². The van der Waals surface area contributed by atoms with Crippen molar-refractivity contribution in [1.29, 1.82) is 0 Å². The van der Waals surface area contributed by atoms with Gasteiger partial charge in [0.15, 0.2) is 5.82 Å². The van der Waals surface area contributed by atoms with Crippen molar-refractivity contribution in [3.05, 3.63) is 77.0 Å². The van der Waals surface area contributed by atoms with E-state index in [4.69, 9.17) is 10.5 Å². The summed E-state index contributed by atoms with van der Waals surface area (Å²) in [4.78, 5) is 20.9. The zero-order chi connectivity index (χ0) is 21.5. The van der Waals surface area contributed by atoms with Crippen LogP contribution in [0.15, 0.2) is 48.8 Å². The molecule has 1 aliphatic rings. The van der Waals surface area contributed by atoms with E-state index in [1.807, 2.05) is 28.8 Å². The van der Waals surface area contributed by atoms with E-state index in [1.165, 1.54) is 12.4 Å². The molecule has 7 nitrogen and oxygen atoms in total. The van der Waals surface area contributed by atoms with Crippen molar-refractivity contribution in [1.82, 2.24) is 14.5 Å². The van der Waals surface area contributed by atoms with Gasteiger partial charge in [-0.15, -0.1) is 0 Å². The van der Waals surface area contributed by atoms with Crippen LogP contribution in [0.1, 0.15) is 22.4 Å². The van der Waals surface area contributed by atoms with Gasteiger partial charge >= 0.3 is 0 Å². The summed E-state index contributed by atoms with van der Waals surface area (Å²) in [7, 11) is 0. The highest BCUT2D eigenvalue weighted by Crippen LogP contribution is 2.35. The average molecular weight is 417 g/mol. The minimum Gasteiger partial charge on any atom is -0.382 e. The Kier molecular flexibility index (Phi) is 4.63. The molecule has 2 aromatic heterocycles. The zero-order valence-electron chi connectivity index (χ0n) is 16.9. The molecule has 0 spiro atoms. The van der Waals surface area contributed by atoms with Gasteiger partial charge < -0.3 is 20.4 Å². The lowest BCUT2D eigenvalue weighted by Crippen LogP contribution is -2.14. The Bertz CT molecular complexity index is 1310. The molecular formula is C23H20FN5O2. The summed E-state index contributed by atoms with van der Waals surface area (Å²) in [6.45, 7) is 2.65. The topological polar surface area (TPSA) is 95.1 Å². The van der Waals surface area contributed by atoms with Crippen LogP contribution in [0.5, 0.6) is 0 Å². The number of rotatable bonds is 4. The fourth-order valence-corrected chi connectivity index (χ4v) is 3.91. The van der Waals surface area contributed by atoms with Gasteiger partial charge in [-0.25, -0.2) is 14.4 Å². The van der Waals surface area contributed by atoms with E-state index < -0.39 is 0 Å². The lowest BCUT2D eigenvalue weighted by Gasteiger charge is -2.12. The van der Waals surface area contributed by atoms with E-state index >= 15 is 0 Å². The first kappa shape index (κ1) is 19.2. The second kappa shape index (κ2) is 7.48. The van der Waals surface area contributed by atoms with Crippen LogP contribution in [0.3, 0.4) is 0 Å². The fourth-order valence-electron chi connectivity index (χ4n) is 3.91. The summed E-state index contributed by atoms with van der Waals surface area (Å²) in [6.07, 6.45) is 1.55. The van der Waals surface area contributed by atoms with E-state index in [2.05, 4.69) is 15.3 Å². The maximum absolute atomic E-state index is 13.7. The number of aryl methyl sites for hydroxylation is 1. The van der Waals surface area contributed by atoms with Crippen molar-refractivity contribution < 1.29 is 13.9 Å². The Morgan fingerprint density at radius 1 is 1.19 bits per heavy atom. The highest BCUT2D eigenvalue weighted by molar-refractivity contribution is 5.93. The monoisotopic (exact) mass is 417 g/mol. The molecule has 1 amide bonds. The number of ether oxygens (including phenoxy) is 1. The maximum atomic E-state index is 13.7. The third-order valence-electron chi connectivity index (χ3n) is 5.47. The molecule has 0 atom stereocenters. The molecule has 0 bridgehead atoms. The molecular weight excluding hydrogens is 397 g/mol. The van der Waals surface area contributed by atoms with Crippen LogP contribution in [-0.2, 0) is 29.2 Å². The van der Waals surface area contributed by atoms with Crippen molar-refractivity contribution in [3.8, 4) is 5.69 Å². The van der Waals surface area contributed by atoms with E-state index in [1.54, 1.807) is 19.1 Å². The first-order valence-corrected chi connectivity index (χ1v) is 9.87. The number of anilines is 2. The Morgan fingerprint density at radius 2 is 2.00 bits per heavy atom. The Morgan fingerprint density at radius 3 is 2.77 bits per heavy atom. The lowest BCUT2D eigenvalue weighted by atomic mass is 10.1. The first-order chi connectivity index (χ1) is 15.0. The fraction of sp³-hybridized carbons (Fsp3) is 0.174. The molecule has 31 heavy (non-hydrogen) atoms. The summed E-state index contributed by atoms with van der Waals surface area (Å²) in [5.41, 5.74) is 12.4. The smallest absolute Gasteiger partial charge is 0.228 e. The van der Waals surface area contributed by atoms with Gasteiger partial charge in [-0.3, -0.25) is 4.79 Å². The average Bonchev–Trinajstić information content (AvgIpc) is 3.33. The van der Waals surface area contributed by atoms with Crippen molar-refractivity contribution in [2.75, 3.05) is 11.1 Å². The number of amides is 1. The number of fused-ring (bicyclic) bond motifs is 3. The summed E-state index contributed by atoms with van der Waals surface area (Å²) in [5, 5.41) is 2.85. The van der Waals surface area contributed by atoms with E-state index in [0.717, 1.165) is 28.0 Å². The molecule has 4 aromatic rings. The van der Waals surface area contributed by atoms with Crippen LogP contribution in [0.2, 0.25) is 0 Å². The van der Waals surface area contributed by atoms with Crippen LogP contribution in [0.4, 0.5) is 15.9 Å². The minimum absolute atomic E-state index is 0.0971. The number of carbonyl (C=O) groups excluding carboxylic acids is 1. The van der Waals surface area contributed by atoms with E-state index in [9.17, 15) is 9.18 Å². The quantitative estimate of drug-likeness (QED) is 0.528. The van der Waals surface area contributed by atoms with Crippen LogP contribution < -0.4 is 11.1 Å². The number of aromatic nitrogens is 3. The molecule has 156 valence electrons. The third kappa shape index (κ3) is 3.40. The molecule has 0 aliphatic carbocycles. The molecule has 5 rings (SSSR count). The predicted molar refractivity (Wildman–Crippen MR) is 115 cm³/mol. The van der Waals surface area contributed by atoms with Crippen LogP contribution >= 0.6 is 0 Å². The number of nitrogens with one attached hydrogen (secondary N) is 1. The SMILES string of the molecule is Cc1ccc(CC(=O)Nc2ccc(-n3c4c(c5ncnc(N)c53)COC4)cc2)cc1F. The van der Waals surface area contributed by atoms with Crippen molar-refractivity contribution >= 4 is 28.4 Å². The highest BCUT2D eigenvalue weighted by Gasteiger charge is 2.25. The molecule has 0 unspecified atom stereocenters. The number of nitrogens with zero attached hydrogens (tertiary/aromatic N) is 3.